The number of aryl methyl sites for hydroxylation is 1. The second kappa shape index (κ2) is 5.66. The van der Waals surface area contributed by atoms with Gasteiger partial charge < -0.3 is 10.1 Å². The number of methoxy groups -OCH3 is 1. The third kappa shape index (κ3) is 3.38. The fourth-order valence-electron chi connectivity index (χ4n) is 2.87. The minimum absolute atomic E-state index is 0.434. The van der Waals surface area contributed by atoms with E-state index in [1.165, 1.54) is 34.7 Å². The molecule has 2 rings (SSSR count). The molecule has 19 heavy (non-hydrogen) atoms. The lowest BCUT2D eigenvalue weighted by Gasteiger charge is -2.36. The Bertz CT molecular complexity index is 456. The molecule has 3 heteroatoms. The smallest absolute Gasteiger partial charge is 0.126 e. The minimum atomic E-state index is 0.434. The largest absolute Gasteiger partial charge is 0.496 e. The first kappa shape index (κ1) is 14.6. The average molecular weight is 279 g/mol. The van der Waals surface area contributed by atoms with Crippen molar-refractivity contribution >= 4 is 17.4 Å². The van der Waals surface area contributed by atoms with Crippen LogP contribution < -0.4 is 10.1 Å². The van der Waals surface area contributed by atoms with Crippen molar-refractivity contribution in [3.8, 4) is 5.75 Å². The Kier molecular flexibility index (Phi) is 4.34. The molecule has 1 atom stereocenters. The number of hydrogen-bond donors (Lipinski definition) is 1. The zero-order chi connectivity index (χ0) is 14.0. The molecule has 1 aromatic rings. The van der Waals surface area contributed by atoms with Crippen molar-refractivity contribution in [1.29, 1.82) is 0 Å². The second-order valence-electron chi connectivity index (χ2n) is 6.31. The Morgan fingerprint density at radius 1 is 1.32 bits per heavy atom. The van der Waals surface area contributed by atoms with Crippen molar-refractivity contribution in [2.24, 2.45) is 5.41 Å². The third-order valence-corrected chi connectivity index (χ3v) is 5.40. The molecule has 106 valence electrons. The van der Waals surface area contributed by atoms with Gasteiger partial charge in [0.2, 0.25) is 0 Å². The van der Waals surface area contributed by atoms with Gasteiger partial charge in [-0.3, -0.25) is 0 Å². The van der Waals surface area contributed by atoms with E-state index in [0.717, 1.165) is 5.75 Å². The quantitative estimate of drug-likeness (QED) is 0.893. The molecule has 0 spiro atoms. The molecule has 2 nitrogen and oxygen atoms in total. The highest BCUT2D eigenvalue weighted by molar-refractivity contribution is 7.99. The number of hydrogen-bond acceptors (Lipinski definition) is 3. The molecule has 0 aromatic heterocycles. The predicted molar refractivity (Wildman–Crippen MR) is 85.6 cm³/mol. The molecule has 1 unspecified atom stereocenters. The van der Waals surface area contributed by atoms with Crippen molar-refractivity contribution in [2.45, 2.75) is 40.2 Å². The summed E-state index contributed by atoms with van der Waals surface area (Å²) in [5.41, 5.74) is 4.06. The van der Waals surface area contributed by atoms with Crippen LogP contribution in [0, 0.1) is 19.3 Å². The Labute approximate surface area is 121 Å². The van der Waals surface area contributed by atoms with Gasteiger partial charge in [0, 0.05) is 23.0 Å². The summed E-state index contributed by atoms with van der Waals surface area (Å²) in [5, 5.41) is 3.71. The van der Waals surface area contributed by atoms with Gasteiger partial charge in [-0.2, -0.15) is 11.8 Å². The molecule has 1 aromatic carbocycles. The number of anilines is 1. The number of benzene rings is 1. The van der Waals surface area contributed by atoms with E-state index < -0.39 is 0 Å². The van der Waals surface area contributed by atoms with Crippen LogP contribution in [0.15, 0.2) is 12.1 Å². The summed E-state index contributed by atoms with van der Waals surface area (Å²) in [4.78, 5) is 0. The van der Waals surface area contributed by atoms with E-state index in [4.69, 9.17) is 4.74 Å². The van der Waals surface area contributed by atoms with E-state index in [9.17, 15) is 0 Å². The standard InChI is InChI=1S/C16H25NOS/c1-11-6-7-14(12(2)15(11)18-5)17-13-8-16(3,4)10-19-9-13/h6-7,13,17H,8-10H2,1-5H3. The van der Waals surface area contributed by atoms with E-state index in [2.05, 4.69) is 56.9 Å². The molecule has 1 fully saturated rings. The summed E-state index contributed by atoms with van der Waals surface area (Å²) in [7, 11) is 1.75. The summed E-state index contributed by atoms with van der Waals surface area (Å²) >= 11 is 2.05. The molecule has 1 saturated heterocycles. The second-order valence-corrected chi connectivity index (χ2v) is 7.34. The summed E-state index contributed by atoms with van der Waals surface area (Å²) in [6.07, 6.45) is 1.23. The Morgan fingerprint density at radius 2 is 2.05 bits per heavy atom. The van der Waals surface area contributed by atoms with Gasteiger partial charge in [-0.05, 0) is 43.1 Å². The highest BCUT2D eigenvalue weighted by Gasteiger charge is 2.28. The third-order valence-electron chi connectivity index (χ3n) is 3.78. The fourth-order valence-corrected chi connectivity index (χ4v) is 4.15. The molecule has 1 aliphatic rings. The van der Waals surface area contributed by atoms with E-state index in [1.807, 2.05) is 0 Å². The monoisotopic (exact) mass is 279 g/mol. The van der Waals surface area contributed by atoms with Crippen LogP contribution in [-0.4, -0.2) is 24.7 Å². The number of thioether (sulfide) groups is 1. The van der Waals surface area contributed by atoms with Crippen LogP contribution in [0.1, 0.15) is 31.4 Å². The first-order chi connectivity index (χ1) is 8.93. The average Bonchev–Trinajstić information content (AvgIpc) is 2.32. The van der Waals surface area contributed by atoms with Crippen LogP contribution in [0.4, 0.5) is 5.69 Å². The maximum atomic E-state index is 5.50. The van der Waals surface area contributed by atoms with Gasteiger partial charge in [-0.15, -0.1) is 0 Å². The highest BCUT2D eigenvalue weighted by Crippen LogP contribution is 2.36. The number of rotatable bonds is 3. The molecular formula is C16H25NOS. The van der Waals surface area contributed by atoms with Crippen LogP contribution >= 0.6 is 11.8 Å². The summed E-state index contributed by atoms with van der Waals surface area (Å²) in [5.74, 6) is 3.47. The summed E-state index contributed by atoms with van der Waals surface area (Å²) in [6.45, 7) is 8.94. The van der Waals surface area contributed by atoms with Gasteiger partial charge in [0.25, 0.3) is 0 Å². The molecule has 0 amide bonds. The first-order valence-corrected chi connectivity index (χ1v) is 8.07. The Balaban J connectivity index is 2.15. The van der Waals surface area contributed by atoms with Gasteiger partial charge in [0.1, 0.15) is 5.75 Å². The van der Waals surface area contributed by atoms with Gasteiger partial charge in [-0.25, -0.2) is 0 Å². The lowest BCUT2D eigenvalue weighted by Crippen LogP contribution is -2.35. The molecule has 1 N–H and O–H groups in total. The van der Waals surface area contributed by atoms with E-state index in [0.29, 0.717) is 11.5 Å². The van der Waals surface area contributed by atoms with Gasteiger partial charge in [-0.1, -0.05) is 19.9 Å². The zero-order valence-corrected chi connectivity index (χ0v) is 13.5. The molecule has 1 aliphatic heterocycles. The predicted octanol–water partition coefficient (Wildman–Crippen LogP) is 4.26. The van der Waals surface area contributed by atoms with Crippen molar-refractivity contribution in [3.63, 3.8) is 0 Å². The topological polar surface area (TPSA) is 21.3 Å². The van der Waals surface area contributed by atoms with E-state index in [-0.39, 0.29) is 0 Å². The molecule has 0 bridgehead atoms. The van der Waals surface area contributed by atoms with Crippen molar-refractivity contribution < 1.29 is 4.74 Å². The van der Waals surface area contributed by atoms with Gasteiger partial charge in [0.15, 0.2) is 0 Å². The fraction of sp³-hybridized carbons (Fsp3) is 0.625. The molecule has 0 aliphatic carbocycles. The Morgan fingerprint density at radius 3 is 2.68 bits per heavy atom. The lowest BCUT2D eigenvalue weighted by molar-refractivity contribution is 0.358. The first-order valence-electron chi connectivity index (χ1n) is 6.91. The highest BCUT2D eigenvalue weighted by atomic mass is 32.2. The van der Waals surface area contributed by atoms with Crippen LogP contribution in [0.2, 0.25) is 0 Å². The number of ether oxygens (including phenoxy) is 1. The molecule has 1 heterocycles. The normalized spacial score (nSPS) is 22.1. The maximum Gasteiger partial charge on any atom is 0.126 e. The van der Waals surface area contributed by atoms with Crippen molar-refractivity contribution in [3.05, 3.63) is 23.3 Å². The molecule has 0 saturated carbocycles. The molecule has 0 radical (unpaired) electrons. The number of nitrogens with one attached hydrogen (secondary N) is 1. The van der Waals surface area contributed by atoms with Crippen molar-refractivity contribution in [1.82, 2.24) is 0 Å². The van der Waals surface area contributed by atoms with Crippen LogP contribution in [0.25, 0.3) is 0 Å². The summed E-state index contributed by atoms with van der Waals surface area (Å²) < 4.78 is 5.50. The Hall–Kier alpha value is -0.830. The van der Waals surface area contributed by atoms with Crippen LogP contribution in [0.3, 0.4) is 0 Å². The molecular weight excluding hydrogens is 254 g/mol. The van der Waals surface area contributed by atoms with Gasteiger partial charge in [0.05, 0.1) is 7.11 Å². The van der Waals surface area contributed by atoms with E-state index in [1.54, 1.807) is 7.11 Å². The lowest BCUT2D eigenvalue weighted by atomic mass is 9.87. The maximum absolute atomic E-state index is 5.50. The summed E-state index contributed by atoms with van der Waals surface area (Å²) in [6, 6.07) is 4.87. The van der Waals surface area contributed by atoms with E-state index >= 15 is 0 Å². The minimum Gasteiger partial charge on any atom is -0.496 e. The SMILES string of the molecule is COc1c(C)ccc(NC2CSCC(C)(C)C2)c1C. The van der Waals surface area contributed by atoms with Crippen LogP contribution in [-0.2, 0) is 0 Å². The van der Waals surface area contributed by atoms with Crippen LogP contribution in [0.5, 0.6) is 5.75 Å². The van der Waals surface area contributed by atoms with Crippen molar-refractivity contribution in [2.75, 3.05) is 23.9 Å². The zero-order valence-electron chi connectivity index (χ0n) is 12.7. The van der Waals surface area contributed by atoms with Gasteiger partial charge >= 0.3 is 0 Å².